The molecule has 1 fully saturated rings. The van der Waals surface area contributed by atoms with Crippen molar-refractivity contribution in [2.45, 2.75) is 50.4 Å². The maximum Gasteiger partial charge on any atom is 0.303 e. The number of aliphatic carboxylic acids is 1. The summed E-state index contributed by atoms with van der Waals surface area (Å²) in [6.45, 7) is 0. The Kier molecular flexibility index (Phi) is 3.08. The van der Waals surface area contributed by atoms with Crippen LogP contribution < -0.4 is 0 Å². The molecular formula is C16H19FO2. The van der Waals surface area contributed by atoms with Gasteiger partial charge in [0.05, 0.1) is 0 Å². The first-order valence-corrected chi connectivity index (χ1v) is 7.13. The number of halogens is 1. The molecule has 3 heteroatoms. The summed E-state index contributed by atoms with van der Waals surface area (Å²) in [5.41, 5.74) is 1.86. The molecule has 102 valence electrons. The van der Waals surface area contributed by atoms with Crippen molar-refractivity contribution in [1.82, 2.24) is 0 Å². The molecule has 0 amide bonds. The number of carboxylic acid groups (broad SMARTS) is 1. The lowest BCUT2D eigenvalue weighted by Gasteiger charge is -2.43. The fraction of sp³-hybridized carbons (Fsp3) is 0.562. The van der Waals surface area contributed by atoms with E-state index < -0.39 is 5.97 Å². The van der Waals surface area contributed by atoms with E-state index in [1.807, 2.05) is 6.07 Å². The van der Waals surface area contributed by atoms with E-state index in [4.69, 9.17) is 5.11 Å². The van der Waals surface area contributed by atoms with Gasteiger partial charge < -0.3 is 5.11 Å². The normalized spacial score (nSPS) is 24.4. The Morgan fingerprint density at radius 1 is 1.37 bits per heavy atom. The molecule has 1 unspecified atom stereocenters. The highest BCUT2D eigenvalue weighted by atomic mass is 19.1. The van der Waals surface area contributed by atoms with Crippen molar-refractivity contribution in [2.75, 3.05) is 0 Å². The van der Waals surface area contributed by atoms with E-state index in [2.05, 4.69) is 0 Å². The van der Waals surface area contributed by atoms with Crippen LogP contribution in [-0.2, 0) is 16.6 Å². The Morgan fingerprint density at radius 2 is 2.11 bits per heavy atom. The molecule has 0 aromatic heterocycles. The summed E-state index contributed by atoms with van der Waals surface area (Å²) in [4.78, 5) is 11.1. The maximum absolute atomic E-state index is 14.0. The molecule has 1 N–H and O–H groups in total. The smallest absolute Gasteiger partial charge is 0.303 e. The SMILES string of the molecule is O=C(O)CC1CCc2c(F)cccc2C12CCCC2. The summed E-state index contributed by atoms with van der Waals surface area (Å²) in [6.07, 6.45) is 6.00. The molecule has 1 atom stereocenters. The molecule has 0 radical (unpaired) electrons. The second kappa shape index (κ2) is 4.62. The van der Waals surface area contributed by atoms with E-state index in [9.17, 15) is 9.18 Å². The standard InChI is InChI=1S/C16H19FO2/c17-14-5-3-4-13-12(14)7-6-11(10-15(18)19)16(13)8-1-2-9-16/h3-5,11H,1-2,6-10H2,(H,18,19). The molecule has 3 rings (SSSR count). The lowest BCUT2D eigenvalue weighted by molar-refractivity contribution is -0.139. The van der Waals surface area contributed by atoms with Gasteiger partial charge in [0.1, 0.15) is 5.82 Å². The van der Waals surface area contributed by atoms with Gasteiger partial charge in [-0.2, -0.15) is 0 Å². The first kappa shape index (κ1) is 12.6. The zero-order chi connectivity index (χ0) is 13.5. The molecule has 0 saturated heterocycles. The van der Waals surface area contributed by atoms with Crippen LogP contribution in [0.4, 0.5) is 4.39 Å². The van der Waals surface area contributed by atoms with Gasteiger partial charge in [-0.05, 0) is 54.2 Å². The number of hydrogen-bond acceptors (Lipinski definition) is 1. The third-order valence-electron chi connectivity index (χ3n) is 5.10. The van der Waals surface area contributed by atoms with Gasteiger partial charge in [-0.1, -0.05) is 25.0 Å². The zero-order valence-electron chi connectivity index (χ0n) is 11.0. The average Bonchev–Trinajstić information content (AvgIpc) is 2.84. The van der Waals surface area contributed by atoms with Crippen LogP contribution in [0.5, 0.6) is 0 Å². The molecule has 1 saturated carbocycles. The molecule has 19 heavy (non-hydrogen) atoms. The van der Waals surface area contributed by atoms with E-state index in [1.54, 1.807) is 6.07 Å². The minimum atomic E-state index is -0.726. The molecule has 0 bridgehead atoms. The van der Waals surface area contributed by atoms with Crippen molar-refractivity contribution >= 4 is 5.97 Å². The van der Waals surface area contributed by atoms with Crippen LogP contribution in [0.15, 0.2) is 18.2 Å². The first-order chi connectivity index (χ1) is 9.13. The minimum Gasteiger partial charge on any atom is -0.481 e. The van der Waals surface area contributed by atoms with Crippen molar-refractivity contribution in [3.63, 3.8) is 0 Å². The van der Waals surface area contributed by atoms with E-state index in [0.717, 1.165) is 43.2 Å². The van der Waals surface area contributed by atoms with E-state index >= 15 is 0 Å². The van der Waals surface area contributed by atoms with Crippen LogP contribution in [-0.4, -0.2) is 11.1 Å². The van der Waals surface area contributed by atoms with E-state index in [-0.39, 0.29) is 23.6 Å². The van der Waals surface area contributed by atoms with Crippen LogP contribution in [0.1, 0.15) is 49.7 Å². The van der Waals surface area contributed by atoms with Crippen LogP contribution in [0, 0.1) is 11.7 Å². The van der Waals surface area contributed by atoms with Crippen molar-refractivity contribution in [1.29, 1.82) is 0 Å². The van der Waals surface area contributed by atoms with Gasteiger partial charge in [0.15, 0.2) is 0 Å². The second-order valence-electron chi connectivity index (χ2n) is 5.96. The first-order valence-electron chi connectivity index (χ1n) is 7.13. The monoisotopic (exact) mass is 262 g/mol. The van der Waals surface area contributed by atoms with E-state index in [0.29, 0.717) is 6.42 Å². The molecule has 0 heterocycles. The number of hydrogen-bond donors (Lipinski definition) is 1. The van der Waals surface area contributed by atoms with Crippen LogP contribution in [0.3, 0.4) is 0 Å². The van der Waals surface area contributed by atoms with Gasteiger partial charge in [-0.15, -0.1) is 0 Å². The molecule has 0 aliphatic heterocycles. The average molecular weight is 262 g/mol. The van der Waals surface area contributed by atoms with Gasteiger partial charge in [-0.25, -0.2) is 4.39 Å². The molecule has 2 aliphatic rings. The van der Waals surface area contributed by atoms with Crippen molar-refractivity contribution in [3.05, 3.63) is 35.1 Å². The van der Waals surface area contributed by atoms with Crippen molar-refractivity contribution in [3.8, 4) is 0 Å². The van der Waals surface area contributed by atoms with Gasteiger partial charge in [0, 0.05) is 6.42 Å². The van der Waals surface area contributed by atoms with Crippen LogP contribution >= 0.6 is 0 Å². The maximum atomic E-state index is 14.0. The Bertz CT molecular complexity index is 503. The summed E-state index contributed by atoms with van der Waals surface area (Å²) in [5, 5.41) is 9.14. The second-order valence-corrected chi connectivity index (χ2v) is 5.96. The Balaban J connectivity index is 2.07. The van der Waals surface area contributed by atoms with Gasteiger partial charge in [0.2, 0.25) is 0 Å². The summed E-state index contributed by atoms with van der Waals surface area (Å²) in [6, 6.07) is 5.33. The number of carboxylic acids is 1. The molecular weight excluding hydrogens is 243 g/mol. The van der Waals surface area contributed by atoms with Gasteiger partial charge >= 0.3 is 5.97 Å². The van der Waals surface area contributed by atoms with Crippen LogP contribution in [0.25, 0.3) is 0 Å². The van der Waals surface area contributed by atoms with Crippen molar-refractivity contribution < 1.29 is 14.3 Å². The largest absolute Gasteiger partial charge is 0.481 e. The topological polar surface area (TPSA) is 37.3 Å². The zero-order valence-corrected chi connectivity index (χ0v) is 11.0. The lowest BCUT2D eigenvalue weighted by atomic mass is 9.61. The Labute approximate surface area is 112 Å². The summed E-state index contributed by atoms with van der Waals surface area (Å²) < 4.78 is 14.0. The highest BCUT2D eigenvalue weighted by Gasteiger charge is 2.46. The molecule has 2 aliphatic carbocycles. The number of fused-ring (bicyclic) bond motifs is 2. The summed E-state index contributed by atoms with van der Waals surface area (Å²) in [7, 11) is 0. The fourth-order valence-corrected chi connectivity index (χ4v) is 4.29. The fourth-order valence-electron chi connectivity index (χ4n) is 4.29. The predicted molar refractivity (Wildman–Crippen MR) is 70.6 cm³/mol. The Morgan fingerprint density at radius 3 is 2.79 bits per heavy atom. The summed E-state index contributed by atoms with van der Waals surface area (Å²) >= 11 is 0. The van der Waals surface area contributed by atoms with Gasteiger partial charge in [0.25, 0.3) is 0 Å². The Hall–Kier alpha value is -1.38. The number of carbonyl (C=O) groups is 1. The lowest BCUT2D eigenvalue weighted by Crippen LogP contribution is -2.38. The van der Waals surface area contributed by atoms with Gasteiger partial charge in [-0.3, -0.25) is 4.79 Å². The van der Waals surface area contributed by atoms with Crippen LogP contribution in [0.2, 0.25) is 0 Å². The summed E-state index contributed by atoms with van der Waals surface area (Å²) in [5.74, 6) is -0.671. The van der Waals surface area contributed by atoms with E-state index in [1.165, 1.54) is 6.07 Å². The molecule has 1 aromatic carbocycles. The molecule has 1 spiro atoms. The quantitative estimate of drug-likeness (QED) is 0.882. The third-order valence-corrected chi connectivity index (χ3v) is 5.10. The highest BCUT2D eigenvalue weighted by Crippen LogP contribution is 2.53. The van der Waals surface area contributed by atoms with Crippen molar-refractivity contribution in [2.24, 2.45) is 5.92 Å². The third kappa shape index (κ3) is 1.96. The highest BCUT2D eigenvalue weighted by molar-refractivity contribution is 5.67. The number of benzene rings is 1. The molecule has 2 nitrogen and oxygen atoms in total. The minimum absolute atomic E-state index is 0.0753. The predicted octanol–water partition coefficient (Wildman–Crippen LogP) is 3.67. The number of rotatable bonds is 2. The molecule has 1 aromatic rings.